The molecule has 0 unspecified atom stereocenters. The van der Waals surface area contributed by atoms with E-state index in [1.807, 2.05) is 12.1 Å². The van der Waals surface area contributed by atoms with Crippen molar-refractivity contribution in [1.82, 2.24) is 9.88 Å². The number of nitrogens with two attached hydrogens (primary N) is 1. The largest absolute Gasteiger partial charge is 0.454 e. The van der Waals surface area contributed by atoms with E-state index in [1.165, 1.54) is 17.0 Å². The first-order chi connectivity index (χ1) is 15.6. The highest BCUT2D eigenvalue weighted by Crippen LogP contribution is 2.35. The minimum atomic E-state index is -0.187. The summed E-state index contributed by atoms with van der Waals surface area (Å²) in [6, 6.07) is 13.4. The maximum absolute atomic E-state index is 13.0. The molecule has 8 nitrogen and oxygen atoms in total. The number of carbonyl (C=O) groups is 1. The average molecular weight is 468 g/mol. The quantitative estimate of drug-likeness (QED) is 0.521. The third-order valence-corrected chi connectivity index (χ3v) is 6.78. The van der Waals surface area contributed by atoms with Gasteiger partial charge in [-0.3, -0.25) is 4.79 Å². The second-order valence-corrected chi connectivity index (χ2v) is 8.72. The van der Waals surface area contributed by atoms with E-state index in [-0.39, 0.29) is 25.8 Å². The second-order valence-electron chi connectivity index (χ2n) is 7.72. The number of carbonyl (C=O) groups excluding carboxylic acids is 1. The first-order valence-electron chi connectivity index (χ1n) is 10.7. The molecule has 1 aromatic heterocycles. The number of aromatic nitrogens is 1. The molecule has 2 aliphatic heterocycles. The van der Waals surface area contributed by atoms with Crippen LogP contribution in [-0.2, 0) is 0 Å². The molecule has 0 spiro atoms. The SMILES string of the molecule is C.CCN1CCN(c2ccc(Nc3nc(N)c(C(=O)c4ccc5c(c4)OCO5)s3)cc2)CC1. The topological polar surface area (TPSA) is 93.0 Å². The number of piperazine rings is 1. The van der Waals surface area contributed by atoms with Gasteiger partial charge in [0.2, 0.25) is 12.6 Å². The molecule has 33 heavy (non-hydrogen) atoms. The highest BCUT2D eigenvalue weighted by atomic mass is 32.1. The van der Waals surface area contributed by atoms with Gasteiger partial charge in [-0.05, 0) is 49.0 Å². The second kappa shape index (κ2) is 9.68. The summed E-state index contributed by atoms with van der Waals surface area (Å²) >= 11 is 1.24. The molecule has 0 aliphatic carbocycles. The van der Waals surface area contributed by atoms with Crippen LogP contribution in [0.3, 0.4) is 0 Å². The van der Waals surface area contributed by atoms with Crippen molar-refractivity contribution in [3.8, 4) is 11.5 Å². The summed E-state index contributed by atoms with van der Waals surface area (Å²) in [4.78, 5) is 22.6. The van der Waals surface area contributed by atoms with E-state index in [0.717, 1.165) is 38.4 Å². The van der Waals surface area contributed by atoms with Crippen molar-refractivity contribution in [3.63, 3.8) is 0 Å². The Hall–Kier alpha value is -3.30. The van der Waals surface area contributed by atoms with Crippen molar-refractivity contribution in [2.75, 3.05) is 55.5 Å². The van der Waals surface area contributed by atoms with Crippen molar-refractivity contribution < 1.29 is 14.3 Å². The first-order valence-corrected chi connectivity index (χ1v) is 11.5. The molecule has 0 bridgehead atoms. The van der Waals surface area contributed by atoms with Crippen LogP contribution in [0, 0.1) is 0 Å². The number of rotatable bonds is 6. The number of likely N-dealkylation sites (N-methyl/N-ethyl adjacent to an activating group) is 1. The van der Waals surface area contributed by atoms with Gasteiger partial charge in [0.05, 0.1) is 0 Å². The van der Waals surface area contributed by atoms with E-state index in [9.17, 15) is 4.79 Å². The number of thiazole rings is 1. The fraction of sp³-hybridized carbons (Fsp3) is 0.333. The zero-order chi connectivity index (χ0) is 22.1. The first kappa shape index (κ1) is 22.9. The maximum atomic E-state index is 13.0. The number of benzene rings is 2. The molecule has 3 N–H and O–H groups in total. The summed E-state index contributed by atoms with van der Waals surface area (Å²) in [7, 11) is 0. The highest BCUT2D eigenvalue weighted by Gasteiger charge is 2.22. The van der Waals surface area contributed by atoms with Gasteiger partial charge in [-0.15, -0.1) is 0 Å². The Kier molecular flexibility index (Phi) is 6.71. The molecule has 9 heteroatoms. The van der Waals surface area contributed by atoms with Crippen LogP contribution in [0.5, 0.6) is 11.5 Å². The Labute approximate surface area is 197 Å². The molecule has 2 aliphatic rings. The van der Waals surface area contributed by atoms with Gasteiger partial charge < -0.3 is 30.3 Å². The van der Waals surface area contributed by atoms with E-state index >= 15 is 0 Å². The molecular weight excluding hydrogens is 438 g/mol. The molecule has 1 saturated heterocycles. The standard InChI is InChI=1S/C23H25N5O3S.CH4/c1-2-27-9-11-28(12-10-27)17-6-4-16(5-7-17)25-23-26-22(24)21(32-23)20(29)15-3-8-18-19(13-15)31-14-30-18;/h3-8,13H,2,9-12,14,24H2,1H3,(H,25,26);1H4. The molecular formula is C24H29N5O3S. The minimum absolute atomic E-state index is 0. The summed E-state index contributed by atoms with van der Waals surface area (Å²) in [5.74, 6) is 1.23. The summed E-state index contributed by atoms with van der Waals surface area (Å²) < 4.78 is 10.7. The molecule has 1 fully saturated rings. The summed E-state index contributed by atoms with van der Waals surface area (Å²) in [5, 5.41) is 3.84. The lowest BCUT2D eigenvalue weighted by Gasteiger charge is -2.35. The van der Waals surface area contributed by atoms with Gasteiger partial charge in [-0.1, -0.05) is 25.7 Å². The Bertz CT molecular complexity index is 1120. The van der Waals surface area contributed by atoms with Crippen LogP contribution >= 0.6 is 11.3 Å². The van der Waals surface area contributed by atoms with Crippen molar-refractivity contribution >= 4 is 39.4 Å². The number of nitrogen functional groups attached to an aromatic ring is 1. The van der Waals surface area contributed by atoms with Crippen LogP contribution in [-0.4, -0.2) is 55.2 Å². The number of fused-ring (bicyclic) bond motifs is 1. The van der Waals surface area contributed by atoms with Crippen molar-refractivity contribution in [3.05, 3.63) is 52.9 Å². The number of hydrogen-bond acceptors (Lipinski definition) is 9. The number of anilines is 4. The maximum Gasteiger partial charge on any atom is 0.231 e. The molecule has 0 atom stereocenters. The molecule has 3 heterocycles. The van der Waals surface area contributed by atoms with Crippen LogP contribution in [0.1, 0.15) is 29.6 Å². The number of hydrogen-bond donors (Lipinski definition) is 2. The fourth-order valence-electron chi connectivity index (χ4n) is 3.92. The Morgan fingerprint density at radius 3 is 2.55 bits per heavy atom. The van der Waals surface area contributed by atoms with Gasteiger partial charge in [-0.2, -0.15) is 0 Å². The van der Waals surface area contributed by atoms with Gasteiger partial charge in [0.1, 0.15) is 10.7 Å². The van der Waals surface area contributed by atoms with Crippen LogP contribution in [0.2, 0.25) is 0 Å². The summed E-state index contributed by atoms with van der Waals surface area (Å²) in [6.45, 7) is 7.73. The number of ketones is 1. The third kappa shape index (κ3) is 4.74. The zero-order valence-electron chi connectivity index (χ0n) is 17.8. The molecule has 2 aromatic carbocycles. The predicted octanol–water partition coefficient (Wildman–Crippen LogP) is 4.21. The predicted molar refractivity (Wildman–Crippen MR) is 133 cm³/mol. The highest BCUT2D eigenvalue weighted by molar-refractivity contribution is 7.18. The van der Waals surface area contributed by atoms with Crippen molar-refractivity contribution in [2.45, 2.75) is 14.4 Å². The zero-order valence-corrected chi connectivity index (χ0v) is 18.7. The lowest BCUT2D eigenvalue weighted by Crippen LogP contribution is -2.46. The smallest absolute Gasteiger partial charge is 0.231 e. The Balaban J connectivity index is 0.00000259. The third-order valence-electron chi connectivity index (χ3n) is 5.80. The molecule has 3 aromatic rings. The minimum Gasteiger partial charge on any atom is -0.454 e. The molecule has 5 rings (SSSR count). The van der Waals surface area contributed by atoms with E-state index < -0.39 is 0 Å². The van der Waals surface area contributed by atoms with Crippen molar-refractivity contribution in [1.29, 1.82) is 0 Å². The summed E-state index contributed by atoms with van der Waals surface area (Å²) in [5.41, 5.74) is 8.66. The van der Waals surface area contributed by atoms with E-state index in [4.69, 9.17) is 15.2 Å². The Morgan fingerprint density at radius 1 is 1.09 bits per heavy atom. The monoisotopic (exact) mass is 467 g/mol. The van der Waals surface area contributed by atoms with Gasteiger partial charge in [0.15, 0.2) is 16.6 Å². The number of ether oxygens (including phenoxy) is 2. The van der Waals surface area contributed by atoms with Gasteiger partial charge in [0, 0.05) is 43.1 Å². The van der Waals surface area contributed by atoms with Crippen molar-refractivity contribution in [2.24, 2.45) is 0 Å². The lowest BCUT2D eigenvalue weighted by molar-refractivity contribution is 0.104. The number of nitrogens with one attached hydrogen (secondary N) is 1. The molecule has 174 valence electrons. The van der Waals surface area contributed by atoms with E-state index in [2.05, 4.69) is 39.2 Å². The Morgan fingerprint density at radius 2 is 1.82 bits per heavy atom. The van der Waals surface area contributed by atoms with Crippen LogP contribution < -0.4 is 25.4 Å². The summed E-state index contributed by atoms with van der Waals surface area (Å²) in [6.07, 6.45) is 0. The molecule has 0 radical (unpaired) electrons. The average Bonchev–Trinajstić information content (AvgIpc) is 3.44. The van der Waals surface area contributed by atoms with Gasteiger partial charge in [-0.25, -0.2) is 4.98 Å². The van der Waals surface area contributed by atoms with Crippen LogP contribution in [0.15, 0.2) is 42.5 Å². The van der Waals surface area contributed by atoms with E-state index in [1.54, 1.807) is 18.2 Å². The lowest BCUT2D eigenvalue weighted by atomic mass is 10.1. The normalized spacial score (nSPS) is 15.2. The van der Waals surface area contributed by atoms with Gasteiger partial charge >= 0.3 is 0 Å². The van der Waals surface area contributed by atoms with Crippen LogP contribution in [0.4, 0.5) is 22.3 Å². The fourth-order valence-corrected chi connectivity index (χ4v) is 4.79. The van der Waals surface area contributed by atoms with E-state index in [0.29, 0.717) is 27.1 Å². The molecule has 0 saturated carbocycles. The number of nitrogens with zero attached hydrogens (tertiary/aromatic N) is 3. The van der Waals surface area contributed by atoms with Gasteiger partial charge in [0.25, 0.3) is 0 Å². The molecule has 0 amide bonds. The van der Waals surface area contributed by atoms with Crippen LogP contribution in [0.25, 0.3) is 0 Å².